The fourth-order valence-corrected chi connectivity index (χ4v) is 2.49. The van der Waals surface area contributed by atoms with Gasteiger partial charge in [0, 0.05) is 11.3 Å². The van der Waals surface area contributed by atoms with E-state index in [1.165, 1.54) is 0 Å². The highest BCUT2D eigenvalue weighted by Crippen LogP contribution is 2.31. The van der Waals surface area contributed by atoms with Crippen molar-refractivity contribution in [2.45, 2.75) is 6.92 Å². The summed E-state index contributed by atoms with van der Waals surface area (Å²) in [6, 6.07) is 7.18. The molecule has 0 saturated carbocycles. The van der Waals surface area contributed by atoms with Gasteiger partial charge in [0.15, 0.2) is 5.65 Å². The van der Waals surface area contributed by atoms with Crippen molar-refractivity contribution in [3.8, 4) is 11.1 Å². The first-order chi connectivity index (χ1) is 9.06. The molecule has 96 valence electrons. The van der Waals surface area contributed by atoms with E-state index < -0.39 is 0 Å². The van der Waals surface area contributed by atoms with Crippen LogP contribution in [-0.2, 0) is 0 Å². The first-order valence-corrected chi connectivity index (χ1v) is 6.66. The fraction of sp³-hybridized carbons (Fsp3) is 0.0769. The lowest BCUT2D eigenvalue weighted by molar-refractivity contribution is 0.930. The van der Waals surface area contributed by atoms with E-state index in [0.717, 1.165) is 16.8 Å². The Balaban J connectivity index is 2.28. The zero-order valence-electron chi connectivity index (χ0n) is 9.86. The van der Waals surface area contributed by atoms with Crippen molar-refractivity contribution in [3.05, 3.63) is 51.4 Å². The van der Waals surface area contributed by atoms with Crippen LogP contribution in [0.3, 0.4) is 0 Å². The van der Waals surface area contributed by atoms with Gasteiger partial charge in [-0.25, -0.2) is 9.50 Å². The van der Waals surface area contributed by atoms with Crippen LogP contribution >= 0.6 is 34.8 Å². The molecule has 0 aliphatic rings. The Labute approximate surface area is 124 Å². The summed E-state index contributed by atoms with van der Waals surface area (Å²) in [7, 11) is 0. The quantitative estimate of drug-likeness (QED) is 0.611. The van der Waals surface area contributed by atoms with Crippen LogP contribution < -0.4 is 0 Å². The molecule has 0 saturated heterocycles. The normalized spacial score (nSPS) is 11.2. The fourth-order valence-electron chi connectivity index (χ4n) is 1.91. The van der Waals surface area contributed by atoms with E-state index in [4.69, 9.17) is 34.8 Å². The van der Waals surface area contributed by atoms with Gasteiger partial charge in [0.2, 0.25) is 0 Å². The molecule has 0 N–H and O–H groups in total. The Bertz CT molecular complexity index is 780. The molecule has 2 heterocycles. The number of aryl methyl sites for hydroxylation is 1. The minimum atomic E-state index is 0.497. The van der Waals surface area contributed by atoms with Gasteiger partial charge in [-0.3, -0.25) is 0 Å². The van der Waals surface area contributed by atoms with Crippen molar-refractivity contribution in [1.29, 1.82) is 0 Å². The maximum absolute atomic E-state index is 6.13. The molecule has 3 aromatic rings. The van der Waals surface area contributed by atoms with Crippen molar-refractivity contribution < 1.29 is 0 Å². The van der Waals surface area contributed by atoms with Crippen LogP contribution in [0.1, 0.15) is 5.69 Å². The van der Waals surface area contributed by atoms with Crippen molar-refractivity contribution in [1.82, 2.24) is 14.6 Å². The second-order valence-corrected chi connectivity index (χ2v) is 5.34. The molecule has 0 aliphatic heterocycles. The molecule has 0 spiro atoms. The third-order valence-electron chi connectivity index (χ3n) is 2.79. The van der Waals surface area contributed by atoms with Crippen LogP contribution in [0.15, 0.2) is 30.5 Å². The summed E-state index contributed by atoms with van der Waals surface area (Å²) in [5.41, 5.74) is 3.30. The first kappa shape index (κ1) is 12.7. The molecular weight excluding hydrogens is 305 g/mol. The molecule has 3 nitrogen and oxygen atoms in total. The van der Waals surface area contributed by atoms with Crippen molar-refractivity contribution in [2.24, 2.45) is 0 Å². The lowest BCUT2D eigenvalue weighted by Gasteiger charge is -2.03. The number of hydrogen-bond donors (Lipinski definition) is 0. The molecular formula is C13H8Cl3N3. The summed E-state index contributed by atoms with van der Waals surface area (Å²) in [5, 5.41) is 5.77. The van der Waals surface area contributed by atoms with Crippen molar-refractivity contribution in [2.75, 3.05) is 0 Å². The Morgan fingerprint density at radius 2 is 1.84 bits per heavy atom. The maximum atomic E-state index is 6.13. The number of halogens is 3. The molecule has 0 bridgehead atoms. The molecule has 0 unspecified atom stereocenters. The minimum Gasteiger partial charge on any atom is -0.233 e. The lowest BCUT2D eigenvalue weighted by Crippen LogP contribution is -1.94. The van der Waals surface area contributed by atoms with E-state index >= 15 is 0 Å². The summed E-state index contributed by atoms with van der Waals surface area (Å²) in [5.74, 6) is 0. The second-order valence-electron chi connectivity index (χ2n) is 4.14. The van der Waals surface area contributed by atoms with Gasteiger partial charge in [0.25, 0.3) is 0 Å². The smallest absolute Gasteiger partial charge is 0.164 e. The van der Waals surface area contributed by atoms with Gasteiger partial charge in [0.05, 0.1) is 16.2 Å². The van der Waals surface area contributed by atoms with Crippen LogP contribution in [0, 0.1) is 6.92 Å². The Morgan fingerprint density at radius 3 is 2.58 bits per heavy atom. The maximum Gasteiger partial charge on any atom is 0.164 e. The molecule has 3 rings (SSSR count). The van der Waals surface area contributed by atoms with Crippen LogP contribution in [0.5, 0.6) is 0 Å². The van der Waals surface area contributed by atoms with Crippen LogP contribution in [0.25, 0.3) is 16.8 Å². The molecule has 2 aromatic heterocycles. The SMILES string of the molecule is Cc1cc(Cl)n2ncc(-c3ccc(Cl)c(Cl)c3)c2n1. The second kappa shape index (κ2) is 4.67. The van der Waals surface area contributed by atoms with Crippen molar-refractivity contribution in [3.63, 3.8) is 0 Å². The molecule has 19 heavy (non-hydrogen) atoms. The molecule has 0 amide bonds. The highest BCUT2D eigenvalue weighted by Gasteiger charge is 2.12. The van der Waals surface area contributed by atoms with E-state index in [0.29, 0.717) is 20.8 Å². The van der Waals surface area contributed by atoms with Gasteiger partial charge >= 0.3 is 0 Å². The first-order valence-electron chi connectivity index (χ1n) is 5.52. The van der Waals surface area contributed by atoms with Crippen LogP contribution in [-0.4, -0.2) is 14.6 Å². The van der Waals surface area contributed by atoms with Crippen molar-refractivity contribution >= 4 is 40.4 Å². The van der Waals surface area contributed by atoms with E-state index in [-0.39, 0.29) is 0 Å². The molecule has 0 atom stereocenters. The topological polar surface area (TPSA) is 30.2 Å². The highest BCUT2D eigenvalue weighted by atomic mass is 35.5. The summed E-state index contributed by atoms with van der Waals surface area (Å²) in [4.78, 5) is 4.46. The Morgan fingerprint density at radius 1 is 1.05 bits per heavy atom. The minimum absolute atomic E-state index is 0.497. The van der Waals surface area contributed by atoms with Gasteiger partial charge in [-0.2, -0.15) is 5.10 Å². The average molecular weight is 313 g/mol. The van der Waals surface area contributed by atoms with E-state index in [1.807, 2.05) is 13.0 Å². The predicted molar refractivity (Wildman–Crippen MR) is 78.2 cm³/mol. The third kappa shape index (κ3) is 2.18. The Kier molecular flexibility index (Phi) is 3.13. The molecule has 0 radical (unpaired) electrons. The van der Waals surface area contributed by atoms with Crippen LogP contribution in [0.2, 0.25) is 15.2 Å². The number of nitrogens with zero attached hydrogens (tertiary/aromatic N) is 3. The number of hydrogen-bond acceptors (Lipinski definition) is 2. The lowest BCUT2D eigenvalue weighted by atomic mass is 10.1. The highest BCUT2D eigenvalue weighted by molar-refractivity contribution is 6.42. The predicted octanol–water partition coefficient (Wildman–Crippen LogP) is 4.66. The number of rotatable bonds is 1. The number of fused-ring (bicyclic) bond motifs is 1. The average Bonchev–Trinajstić information content (AvgIpc) is 2.76. The molecule has 0 aliphatic carbocycles. The van der Waals surface area contributed by atoms with Gasteiger partial charge in [-0.1, -0.05) is 40.9 Å². The van der Waals surface area contributed by atoms with Gasteiger partial charge < -0.3 is 0 Å². The van der Waals surface area contributed by atoms with Crippen LogP contribution in [0.4, 0.5) is 0 Å². The monoisotopic (exact) mass is 311 g/mol. The third-order valence-corrected chi connectivity index (χ3v) is 3.80. The van der Waals surface area contributed by atoms with E-state index in [9.17, 15) is 0 Å². The van der Waals surface area contributed by atoms with Gasteiger partial charge in [-0.15, -0.1) is 0 Å². The van der Waals surface area contributed by atoms with Gasteiger partial charge in [-0.05, 0) is 30.7 Å². The number of aromatic nitrogens is 3. The summed E-state index contributed by atoms with van der Waals surface area (Å²) in [6.45, 7) is 1.89. The molecule has 6 heteroatoms. The molecule has 0 fully saturated rings. The summed E-state index contributed by atoms with van der Waals surface area (Å²) >= 11 is 18.1. The number of benzene rings is 1. The summed E-state index contributed by atoms with van der Waals surface area (Å²) < 4.78 is 1.59. The zero-order chi connectivity index (χ0) is 13.6. The Hall–Kier alpha value is -1.29. The standard InChI is InChI=1S/C13H8Cl3N3/c1-7-4-12(16)19-13(18-7)9(6-17-19)8-2-3-10(14)11(15)5-8/h2-6H,1H3. The van der Waals surface area contributed by atoms with E-state index in [1.54, 1.807) is 28.9 Å². The zero-order valence-corrected chi connectivity index (χ0v) is 12.1. The summed E-state index contributed by atoms with van der Waals surface area (Å²) in [6.07, 6.45) is 1.72. The van der Waals surface area contributed by atoms with Gasteiger partial charge in [0.1, 0.15) is 5.15 Å². The van der Waals surface area contributed by atoms with E-state index in [2.05, 4.69) is 10.1 Å². The molecule has 1 aromatic carbocycles. The largest absolute Gasteiger partial charge is 0.233 e.